The first kappa shape index (κ1) is 15.0. The molecular weight excluding hydrogens is 395 g/mol. The van der Waals surface area contributed by atoms with Crippen molar-refractivity contribution in [3.8, 4) is 5.75 Å². The molecule has 0 saturated carbocycles. The Balaban J connectivity index is 2.51. The number of imidazole rings is 1. The molecule has 0 aliphatic carbocycles. The molecule has 0 radical (unpaired) electrons. The van der Waals surface area contributed by atoms with Gasteiger partial charge in [-0.25, -0.2) is 4.98 Å². The van der Waals surface area contributed by atoms with E-state index in [1.165, 1.54) is 0 Å². The number of fused-ring (bicyclic) bond motifs is 1. The van der Waals surface area contributed by atoms with Crippen molar-refractivity contribution >= 4 is 61.8 Å². The summed E-state index contributed by atoms with van der Waals surface area (Å²) in [7, 11) is 0. The summed E-state index contributed by atoms with van der Waals surface area (Å²) in [5.74, 6) is -0.413. The Kier molecular flexibility index (Phi) is 3.85. The van der Waals surface area contributed by atoms with Gasteiger partial charge < -0.3 is 9.72 Å². The molecule has 0 aliphatic heterocycles. The Bertz CT molecular complexity index is 623. The summed E-state index contributed by atoms with van der Waals surface area (Å²) in [6.45, 7) is 0. The molecule has 0 saturated heterocycles. The minimum Gasteiger partial charge on any atom is -0.406 e. The van der Waals surface area contributed by atoms with Gasteiger partial charge in [-0.05, 0) is 22.0 Å². The lowest BCUT2D eigenvalue weighted by Gasteiger charge is -2.08. The maximum atomic E-state index is 12.1. The monoisotopic (exact) mass is 396 g/mol. The Labute approximate surface area is 128 Å². The Morgan fingerprint density at radius 3 is 2.37 bits per heavy atom. The number of aromatic amines is 1. The average Bonchev–Trinajstić information content (AvgIpc) is 2.58. The average molecular weight is 398 g/mol. The minimum atomic E-state index is -4.79. The van der Waals surface area contributed by atoms with Crippen LogP contribution >= 0.6 is 50.7 Å². The van der Waals surface area contributed by atoms with E-state index in [0.29, 0.717) is 5.52 Å². The van der Waals surface area contributed by atoms with Crippen molar-refractivity contribution in [2.24, 2.45) is 0 Å². The van der Waals surface area contributed by atoms with E-state index in [9.17, 15) is 13.2 Å². The molecule has 3 nitrogen and oxygen atoms in total. The Morgan fingerprint density at radius 2 is 1.84 bits per heavy atom. The van der Waals surface area contributed by atoms with Gasteiger partial charge in [0.1, 0.15) is 11.3 Å². The highest BCUT2D eigenvalue weighted by Gasteiger charge is 2.32. The standard InChI is InChI=1S/C9H3BrCl3F3N2O/c10-4-1-3(19-9(14,15)16)2-5-6(4)18-7(17-5)8(11,12)13/h1-2H,(H,17,18). The molecule has 1 N–H and O–H groups in total. The van der Waals surface area contributed by atoms with Crippen LogP contribution in [0.15, 0.2) is 16.6 Å². The maximum Gasteiger partial charge on any atom is 0.573 e. The first-order valence-electron chi connectivity index (χ1n) is 4.58. The summed E-state index contributed by atoms with van der Waals surface area (Å²) >= 11 is 20.0. The van der Waals surface area contributed by atoms with Crippen LogP contribution in [0.5, 0.6) is 5.75 Å². The minimum absolute atomic E-state index is 0.00245. The van der Waals surface area contributed by atoms with Gasteiger partial charge in [-0.2, -0.15) is 0 Å². The molecule has 0 amide bonds. The molecule has 0 atom stereocenters. The molecule has 10 heteroatoms. The second-order valence-corrected chi connectivity index (χ2v) is 6.57. The fourth-order valence-corrected chi connectivity index (χ4v) is 2.17. The lowest BCUT2D eigenvalue weighted by molar-refractivity contribution is -0.274. The summed E-state index contributed by atoms with van der Waals surface area (Å²) in [5.41, 5.74) is 0.575. The predicted molar refractivity (Wildman–Crippen MR) is 69.7 cm³/mol. The van der Waals surface area contributed by atoms with Gasteiger partial charge in [0.15, 0.2) is 5.82 Å². The van der Waals surface area contributed by atoms with E-state index in [2.05, 4.69) is 30.6 Å². The largest absolute Gasteiger partial charge is 0.573 e. The van der Waals surface area contributed by atoms with Gasteiger partial charge in [-0.15, -0.1) is 13.2 Å². The van der Waals surface area contributed by atoms with E-state index in [1.54, 1.807) is 0 Å². The van der Waals surface area contributed by atoms with E-state index in [1.807, 2.05) is 0 Å². The van der Waals surface area contributed by atoms with Gasteiger partial charge in [0.2, 0.25) is 3.79 Å². The molecule has 0 unspecified atom stereocenters. The van der Waals surface area contributed by atoms with Gasteiger partial charge >= 0.3 is 6.36 Å². The Morgan fingerprint density at radius 1 is 1.21 bits per heavy atom. The third-order valence-corrected chi connectivity index (χ3v) is 3.16. The topological polar surface area (TPSA) is 37.9 Å². The van der Waals surface area contributed by atoms with Crippen LogP contribution in [0.25, 0.3) is 11.0 Å². The van der Waals surface area contributed by atoms with Crippen LogP contribution in [0.1, 0.15) is 5.82 Å². The molecule has 1 heterocycles. The highest BCUT2D eigenvalue weighted by molar-refractivity contribution is 9.10. The number of nitrogens with one attached hydrogen (secondary N) is 1. The van der Waals surface area contributed by atoms with E-state index in [4.69, 9.17) is 34.8 Å². The van der Waals surface area contributed by atoms with Gasteiger partial charge in [0, 0.05) is 10.5 Å². The fraction of sp³-hybridized carbons (Fsp3) is 0.222. The van der Waals surface area contributed by atoms with Gasteiger partial charge in [0.25, 0.3) is 0 Å². The van der Waals surface area contributed by atoms with E-state index in [0.717, 1.165) is 12.1 Å². The molecule has 1 aromatic heterocycles. The second kappa shape index (κ2) is 4.87. The predicted octanol–water partition coefficient (Wildman–Crippen LogP) is 5.05. The first-order chi connectivity index (χ1) is 8.56. The number of alkyl halides is 6. The number of H-pyrrole nitrogens is 1. The number of rotatable bonds is 1. The van der Waals surface area contributed by atoms with E-state index >= 15 is 0 Å². The van der Waals surface area contributed by atoms with Crippen LogP contribution in [0.2, 0.25) is 0 Å². The van der Waals surface area contributed by atoms with Crippen molar-refractivity contribution < 1.29 is 17.9 Å². The highest BCUT2D eigenvalue weighted by Crippen LogP contribution is 2.39. The molecule has 0 aliphatic rings. The number of benzene rings is 1. The quantitative estimate of drug-likeness (QED) is 0.683. The van der Waals surface area contributed by atoms with E-state index in [-0.39, 0.29) is 15.8 Å². The summed E-state index contributed by atoms with van der Waals surface area (Å²) in [6.07, 6.45) is -4.79. The SMILES string of the molecule is FC(F)(F)Oc1cc(Br)c2nc(C(Cl)(Cl)Cl)[nH]c2c1. The zero-order valence-corrected chi connectivity index (χ0v) is 12.5. The van der Waals surface area contributed by atoms with Crippen molar-refractivity contribution in [1.82, 2.24) is 9.97 Å². The number of hydrogen-bond acceptors (Lipinski definition) is 2. The smallest absolute Gasteiger partial charge is 0.406 e. The Hall–Kier alpha value is -0.370. The van der Waals surface area contributed by atoms with Gasteiger partial charge in [0.05, 0.1) is 5.52 Å². The van der Waals surface area contributed by atoms with Crippen LogP contribution < -0.4 is 4.74 Å². The van der Waals surface area contributed by atoms with Crippen molar-refractivity contribution in [3.63, 3.8) is 0 Å². The zero-order chi connectivity index (χ0) is 14.4. The number of nitrogens with zero attached hydrogens (tertiary/aromatic N) is 1. The molecule has 0 bridgehead atoms. The summed E-state index contributed by atoms with van der Waals surface area (Å²) < 4.78 is 38.7. The lowest BCUT2D eigenvalue weighted by Crippen LogP contribution is -2.17. The van der Waals surface area contributed by atoms with Crippen LogP contribution in [-0.2, 0) is 3.79 Å². The lowest BCUT2D eigenvalue weighted by atomic mass is 10.3. The van der Waals surface area contributed by atoms with Crippen LogP contribution in [-0.4, -0.2) is 16.3 Å². The van der Waals surface area contributed by atoms with E-state index < -0.39 is 15.9 Å². The van der Waals surface area contributed by atoms with Crippen molar-refractivity contribution in [2.45, 2.75) is 10.2 Å². The molecule has 2 rings (SSSR count). The number of aromatic nitrogens is 2. The summed E-state index contributed by atoms with van der Waals surface area (Å²) in [5, 5.41) is 0. The molecule has 0 spiro atoms. The van der Waals surface area contributed by atoms with Gasteiger partial charge in [-0.1, -0.05) is 34.8 Å². The molecule has 0 fully saturated rings. The molecular formula is C9H3BrCl3F3N2O. The van der Waals surface area contributed by atoms with Crippen molar-refractivity contribution in [3.05, 3.63) is 22.4 Å². The third kappa shape index (κ3) is 3.59. The summed E-state index contributed by atoms with van der Waals surface area (Å²) in [6, 6.07) is 2.24. The molecule has 2 aromatic rings. The molecule has 19 heavy (non-hydrogen) atoms. The maximum absolute atomic E-state index is 12.1. The number of hydrogen-bond donors (Lipinski definition) is 1. The van der Waals surface area contributed by atoms with Crippen molar-refractivity contribution in [2.75, 3.05) is 0 Å². The van der Waals surface area contributed by atoms with Crippen LogP contribution in [0.3, 0.4) is 0 Å². The third-order valence-electron chi connectivity index (χ3n) is 2.02. The zero-order valence-electron chi connectivity index (χ0n) is 8.66. The first-order valence-corrected chi connectivity index (χ1v) is 6.51. The van der Waals surface area contributed by atoms with Crippen LogP contribution in [0, 0.1) is 0 Å². The van der Waals surface area contributed by atoms with Crippen LogP contribution in [0.4, 0.5) is 13.2 Å². The number of ether oxygens (including phenoxy) is 1. The second-order valence-electron chi connectivity index (χ2n) is 3.43. The van der Waals surface area contributed by atoms with Crippen molar-refractivity contribution in [1.29, 1.82) is 0 Å². The number of halogens is 7. The normalized spacial score (nSPS) is 13.0. The van der Waals surface area contributed by atoms with Gasteiger partial charge in [-0.3, -0.25) is 0 Å². The highest BCUT2D eigenvalue weighted by atomic mass is 79.9. The summed E-state index contributed by atoms with van der Waals surface area (Å²) in [4.78, 5) is 6.60. The molecule has 104 valence electrons. The molecule has 1 aromatic carbocycles. The fourth-order valence-electron chi connectivity index (χ4n) is 1.38.